The molecule has 0 saturated heterocycles. The Bertz CT molecular complexity index is 1040. The predicted molar refractivity (Wildman–Crippen MR) is 121 cm³/mol. The van der Waals surface area contributed by atoms with Crippen LogP contribution in [0.5, 0.6) is 0 Å². The van der Waals surface area contributed by atoms with Crippen molar-refractivity contribution in [3.8, 4) is 5.95 Å². The van der Waals surface area contributed by atoms with Crippen LogP contribution in [0.25, 0.3) is 5.95 Å². The van der Waals surface area contributed by atoms with Gasteiger partial charge in [0.25, 0.3) is 0 Å². The summed E-state index contributed by atoms with van der Waals surface area (Å²) in [6.45, 7) is 4.63. The highest BCUT2D eigenvalue weighted by molar-refractivity contribution is 7.09. The third-order valence-electron chi connectivity index (χ3n) is 5.12. The molecule has 1 aliphatic rings. The van der Waals surface area contributed by atoms with E-state index >= 15 is 0 Å². The van der Waals surface area contributed by atoms with Crippen molar-refractivity contribution >= 4 is 22.6 Å². The number of carbonyl (C=O) groups is 1. The molecule has 1 aromatic carbocycles. The van der Waals surface area contributed by atoms with Crippen LogP contribution in [0.2, 0.25) is 0 Å². The molecule has 2 aromatic heterocycles. The van der Waals surface area contributed by atoms with Crippen LogP contribution in [0.15, 0.2) is 61.1 Å². The molecule has 2 N–H and O–H groups in total. The van der Waals surface area contributed by atoms with Gasteiger partial charge in [0.05, 0.1) is 0 Å². The molecular weight excluding hydrogens is 428 g/mol. The maximum Gasteiger partial charge on any atom is 0.248 e. The molecule has 2 atom stereocenters. The van der Waals surface area contributed by atoms with Crippen LogP contribution < -0.4 is 10.6 Å². The van der Waals surface area contributed by atoms with Gasteiger partial charge < -0.3 is 20.1 Å². The van der Waals surface area contributed by atoms with Crippen LogP contribution in [0.4, 0.5) is 5.13 Å². The molecule has 1 amide bonds. The highest BCUT2D eigenvalue weighted by atomic mass is 32.1. The minimum atomic E-state index is -0.453. The number of hydrogen-bond acceptors (Lipinski definition) is 8. The molecule has 0 spiro atoms. The number of amides is 1. The first-order chi connectivity index (χ1) is 15.6. The van der Waals surface area contributed by atoms with Gasteiger partial charge in [-0.1, -0.05) is 44.2 Å². The van der Waals surface area contributed by atoms with Crippen molar-refractivity contribution in [1.82, 2.24) is 24.2 Å². The summed E-state index contributed by atoms with van der Waals surface area (Å²) in [6, 6.07) is 9.67. The van der Waals surface area contributed by atoms with Crippen molar-refractivity contribution in [1.29, 1.82) is 0 Å². The lowest BCUT2D eigenvalue weighted by molar-refractivity contribution is -0.122. The van der Waals surface area contributed by atoms with E-state index in [0.717, 1.165) is 12.2 Å². The number of nitrogens with zero attached hydrogens (tertiary/aromatic N) is 4. The number of anilines is 1. The summed E-state index contributed by atoms with van der Waals surface area (Å²) in [6.07, 6.45) is 7.44. The van der Waals surface area contributed by atoms with E-state index in [9.17, 15) is 4.79 Å². The third kappa shape index (κ3) is 5.44. The normalized spacial score (nSPS) is 14.9. The van der Waals surface area contributed by atoms with Gasteiger partial charge in [0, 0.05) is 36.4 Å². The predicted octanol–water partition coefficient (Wildman–Crippen LogP) is 2.98. The molecule has 0 fully saturated rings. The molecule has 168 valence electrons. The first kappa shape index (κ1) is 21.8. The standard InChI is InChI=1S/C22H26N6O3S/c1-15(2)19(25-22-26-21(27-32-22)28-9-8-23-13-28)20(29)24-11-17(18-12-30-14-31-18)10-16-6-4-3-5-7-16/h3-9,12-13,15,17,19H,10-11,14H2,1-2H3,(H,24,29)(H,25,26,27)/t17?,19-/m1/s1. The van der Waals surface area contributed by atoms with Gasteiger partial charge in [0.2, 0.25) is 23.8 Å². The minimum Gasteiger partial charge on any atom is -0.462 e. The van der Waals surface area contributed by atoms with E-state index in [1.165, 1.54) is 17.1 Å². The molecule has 0 saturated carbocycles. The van der Waals surface area contributed by atoms with Gasteiger partial charge >= 0.3 is 0 Å². The number of nitrogens with one attached hydrogen (secondary N) is 2. The average Bonchev–Trinajstić information content (AvgIpc) is 3.57. The average molecular weight is 455 g/mol. The molecule has 0 aliphatic carbocycles. The Balaban J connectivity index is 1.40. The van der Waals surface area contributed by atoms with Crippen LogP contribution in [0, 0.1) is 11.8 Å². The van der Waals surface area contributed by atoms with E-state index in [2.05, 4.69) is 37.1 Å². The fourth-order valence-electron chi connectivity index (χ4n) is 3.40. The lowest BCUT2D eigenvalue weighted by Gasteiger charge is -2.23. The van der Waals surface area contributed by atoms with E-state index in [4.69, 9.17) is 9.47 Å². The molecular formula is C22H26N6O3S. The second kappa shape index (κ2) is 10.3. The van der Waals surface area contributed by atoms with Gasteiger partial charge in [0.1, 0.15) is 24.4 Å². The zero-order chi connectivity index (χ0) is 22.3. The molecule has 4 rings (SSSR count). The van der Waals surface area contributed by atoms with Crippen molar-refractivity contribution in [2.75, 3.05) is 18.7 Å². The van der Waals surface area contributed by atoms with Crippen molar-refractivity contribution in [3.63, 3.8) is 0 Å². The number of ether oxygens (including phenoxy) is 2. The number of aromatic nitrogens is 4. The van der Waals surface area contributed by atoms with Gasteiger partial charge in [-0.25, -0.2) is 4.98 Å². The molecule has 3 aromatic rings. The second-order valence-electron chi connectivity index (χ2n) is 7.82. The van der Waals surface area contributed by atoms with Gasteiger partial charge in [-0.2, -0.15) is 9.36 Å². The Kier molecular flexibility index (Phi) is 7.00. The maximum absolute atomic E-state index is 13.1. The zero-order valence-corrected chi connectivity index (χ0v) is 18.8. The Morgan fingerprint density at radius 3 is 2.81 bits per heavy atom. The van der Waals surface area contributed by atoms with E-state index < -0.39 is 6.04 Å². The van der Waals surface area contributed by atoms with E-state index in [1.807, 2.05) is 32.0 Å². The Morgan fingerprint density at radius 1 is 1.28 bits per heavy atom. The van der Waals surface area contributed by atoms with Gasteiger partial charge in [-0.05, 0) is 17.9 Å². The minimum absolute atomic E-state index is 0.0222. The summed E-state index contributed by atoms with van der Waals surface area (Å²) in [5, 5.41) is 6.89. The molecule has 9 nitrogen and oxygen atoms in total. The number of benzene rings is 1. The zero-order valence-electron chi connectivity index (χ0n) is 18.0. The highest BCUT2D eigenvalue weighted by Gasteiger charge is 2.26. The quantitative estimate of drug-likeness (QED) is 0.485. The lowest BCUT2D eigenvalue weighted by atomic mass is 9.97. The fraction of sp³-hybridized carbons (Fsp3) is 0.364. The van der Waals surface area contributed by atoms with Crippen molar-refractivity contribution in [2.24, 2.45) is 11.8 Å². The van der Waals surface area contributed by atoms with Crippen LogP contribution >= 0.6 is 11.5 Å². The molecule has 10 heteroatoms. The molecule has 0 radical (unpaired) electrons. The third-order valence-corrected chi connectivity index (χ3v) is 5.76. The maximum atomic E-state index is 13.1. The summed E-state index contributed by atoms with van der Waals surface area (Å²) in [5.41, 5.74) is 1.17. The van der Waals surface area contributed by atoms with Gasteiger partial charge in [-0.3, -0.25) is 9.36 Å². The van der Waals surface area contributed by atoms with Crippen LogP contribution in [0.1, 0.15) is 19.4 Å². The highest BCUT2D eigenvalue weighted by Crippen LogP contribution is 2.22. The summed E-state index contributed by atoms with van der Waals surface area (Å²) < 4.78 is 16.9. The Labute approximate surface area is 190 Å². The second-order valence-corrected chi connectivity index (χ2v) is 8.57. The largest absolute Gasteiger partial charge is 0.462 e. The smallest absolute Gasteiger partial charge is 0.248 e. The van der Waals surface area contributed by atoms with Crippen molar-refractivity contribution in [2.45, 2.75) is 26.3 Å². The number of carbonyl (C=O) groups excluding carboxylic acids is 1. The van der Waals surface area contributed by atoms with Crippen LogP contribution in [-0.2, 0) is 20.7 Å². The molecule has 1 aliphatic heterocycles. The van der Waals surface area contributed by atoms with Crippen LogP contribution in [0.3, 0.4) is 0 Å². The topological polar surface area (TPSA) is 103 Å². The first-order valence-corrected chi connectivity index (χ1v) is 11.2. The summed E-state index contributed by atoms with van der Waals surface area (Å²) >= 11 is 1.21. The fourth-order valence-corrected chi connectivity index (χ4v) is 4.00. The van der Waals surface area contributed by atoms with Gasteiger partial charge in [0.15, 0.2) is 0 Å². The summed E-state index contributed by atoms with van der Waals surface area (Å²) in [4.78, 5) is 21.5. The van der Waals surface area contributed by atoms with E-state index in [1.54, 1.807) is 29.6 Å². The molecule has 0 bridgehead atoms. The number of hydrogen-bond donors (Lipinski definition) is 2. The number of imidazole rings is 1. The summed E-state index contributed by atoms with van der Waals surface area (Å²) in [5.74, 6) is 1.19. The molecule has 1 unspecified atom stereocenters. The Morgan fingerprint density at radius 2 is 2.12 bits per heavy atom. The molecule has 32 heavy (non-hydrogen) atoms. The monoisotopic (exact) mass is 454 g/mol. The van der Waals surface area contributed by atoms with Gasteiger partial charge in [-0.15, -0.1) is 0 Å². The molecule has 3 heterocycles. The SMILES string of the molecule is CC(C)[C@@H](Nc1nc(-n2ccnc2)ns1)C(=O)NCC(Cc1ccccc1)C1=COCO1. The first-order valence-electron chi connectivity index (χ1n) is 10.4. The summed E-state index contributed by atoms with van der Waals surface area (Å²) in [7, 11) is 0. The lowest BCUT2D eigenvalue weighted by Crippen LogP contribution is -2.45. The Hall–Kier alpha value is -3.40. The van der Waals surface area contributed by atoms with E-state index in [-0.39, 0.29) is 24.5 Å². The van der Waals surface area contributed by atoms with E-state index in [0.29, 0.717) is 17.6 Å². The van der Waals surface area contributed by atoms with Crippen molar-refractivity contribution in [3.05, 3.63) is 66.6 Å². The van der Waals surface area contributed by atoms with Crippen LogP contribution in [-0.4, -0.2) is 44.2 Å². The van der Waals surface area contributed by atoms with Crippen molar-refractivity contribution < 1.29 is 14.3 Å². The number of rotatable bonds is 10.